The predicted octanol–water partition coefficient (Wildman–Crippen LogP) is 2.65. The van der Waals surface area contributed by atoms with Crippen molar-refractivity contribution >= 4 is 17.5 Å². The lowest BCUT2D eigenvalue weighted by atomic mass is 9.70. The number of oxime groups is 1. The Kier molecular flexibility index (Phi) is 5.13. The molecule has 3 rings (SSSR count). The number of hydrogen-bond donors (Lipinski definition) is 2. The summed E-state index contributed by atoms with van der Waals surface area (Å²) in [6, 6.07) is 7.09. The number of methoxy groups -OCH3 is 1. The number of hydrogen-bond acceptors (Lipinski definition) is 5. The van der Waals surface area contributed by atoms with Crippen LogP contribution in [0.1, 0.15) is 45.6 Å². The van der Waals surface area contributed by atoms with Gasteiger partial charge >= 0.3 is 0 Å². The third kappa shape index (κ3) is 3.50. The number of nitrogens with zero attached hydrogens (tertiary/aromatic N) is 2. The van der Waals surface area contributed by atoms with Crippen LogP contribution in [-0.4, -0.2) is 31.2 Å². The molecule has 0 aliphatic heterocycles. The summed E-state index contributed by atoms with van der Waals surface area (Å²) in [7, 11) is 1.59. The maximum atomic E-state index is 12.0. The minimum absolute atomic E-state index is 0.0583. The van der Waals surface area contributed by atoms with E-state index in [1.165, 1.54) is 6.42 Å². The molecule has 2 fully saturated rings. The van der Waals surface area contributed by atoms with Crippen molar-refractivity contribution in [2.24, 2.45) is 32.7 Å². The van der Waals surface area contributed by atoms with Gasteiger partial charge in [0, 0.05) is 16.7 Å². The van der Waals surface area contributed by atoms with Gasteiger partial charge in [0.2, 0.25) is 0 Å². The Morgan fingerprint density at radius 1 is 1.30 bits per heavy atom. The van der Waals surface area contributed by atoms with Gasteiger partial charge in [0.05, 0.1) is 7.11 Å². The summed E-state index contributed by atoms with van der Waals surface area (Å²) < 4.78 is 5.09. The van der Waals surface area contributed by atoms with E-state index in [1.807, 2.05) is 0 Å². The van der Waals surface area contributed by atoms with Crippen molar-refractivity contribution < 1.29 is 14.4 Å². The summed E-state index contributed by atoms with van der Waals surface area (Å²) in [6.07, 6.45) is 3.31. The topological polar surface area (TPSA) is 98.3 Å². The molecule has 2 bridgehead atoms. The van der Waals surface area contributed by atoms with Crippen LogP contribution in [0.4, 0.5) is 0 Å². The lowest BCUT2D eigenvalue weighted by molar-refractivity contribution is -0.125. The summed E-state index contributed by atoms with van der Waals surface area (Å²) in [6.45, 7) is 6.61. The average Bonchev–Trinajstić information content (AvgIpc) is 2.99. The Morgan fingerprint density at radius 3 is 2.56 bits per heavy atom. The largest absolute Gasteiger partial charge is 0.497 e. The fourth-order valence-electron chi connectivity index (χ4n) is 4.23. The van der Waals surface area contributed by atoms with Gasteiger partial charge < -0.3 is 15.3 Å². The number of benzene rings is 1. The van der Waals surface area contributed by atoms with Crippen molar-refractivity contribution in [3.63, 3.8) is 0 Å². The molecule has 0 spiro atoms. The first-order chi connectivity index (χ1) is 12.8. The molecule has 146 valence electrons. The van der Waals surface area contributed by atoms with Crippen LogP contribution in [0.25, 0.3) is 0 Å². The summed E-state index contributed by atoms with van der Waals surface area (Å²) in [5.74, 6) is 1.21. The minimum atomic E-state index is -0.349. The molecular weight excluding hydrogens is 344 g/mol. The first-order valence-corrected chi connectivity index (χ1v) is 9.23. The Morgan fingerprint density at radius 2 is 2.00 bits per heavy atom. The number of nitrogens with two attached hydrogens (primary N) is 1. The molecule has 27 heavy (non-hydrogen) atoms. The molecule has 2 aliphatic rings. The standard InChI is InChI=1S/C20H28N4O3/c1-19(2)14-9-10-20(19,3)16(11-14)22-23-17(25)12-27-24-18(21)13-5-7-15(26-4)8-6-13/h5-8,14H,9-12H2,1-4H3,(H2,21,24)(H,23,25). The molecule has 2 unspecified atom stereocenters. The number of ether oxygens (including phenoxy) is 1. The lowest BCUT2D eigenvalue weighted by Gasteiger charge is -2.34. The zero-order valence-electron chi connectivity index (χ0n) is 16.4. The third-order valence-electron chi connectivity index (χ3n) is 6.57. The number of carbonyl (C=O) groups excluding carboxylic acids is 1. The van der Waals surface area contributed by atoms with Gasteiger partial charge in [-0.15, -0.1) is 0 Å². The Bertz CT molecular complexity index is 770. The smallest absolute Gasteiger partial charge is 0.280 e. The highest BCUT2D eigenvalue weighted by atomic mass is 16.6. The summed E-state index contributed by atoms with van der Waals surface area (Å²) in [5, 5.41) is 8.18. The van der Waals surface area contributed by atoms with Crippen molar-refractivity contribution in [3.05, 3.63) is 29.8 Å². The van der Waals surface area contributed by atoms with Crippen LogP contribution in [0.3, 0.4) is 0 Å². The quantitative estimate of drug-likeness (QED) is 0.456. The number of amides is 1. The first-order valence-electron chi connectivity index (χ1n) is 9.23. The summed E-state index contributed by atoms with van der Waals surface area (Å²) in [4.78, 5) is 17.1. The number of hydrazone groups is 1. The monoisotopic (exact) mass is 372 g/mol. The van der Waals surface area contributed by atoms with E-state index in [-0.39, 0.29) is 29.2 Å². The van der Waals surface area contributed by atoms with E-state index >= 15 is 0 Å². The maximum absolute atomic E-state index is 12.0. The van der Waals surface area contributed by atoms with Crippen molar-refractivity contribution in [1.82, 2.24) is 5.43 Å². The molecule has 7 nitrogen and oxygen atoms in total. The lowest BCUT2D eigenvalue weighted by Crippen LogP contribution is -2.34. The summed E-state index contributed by atoms with van der Waals surface area (Å²) in [5.41, 5.74) is 10.5. The fraction of sp³-hybridized carbons (Fsp3) is 0.550. The Balaban J connectivity index is 1.51. The van der Waals surface area contributed by atoms with Gasteiger partial charge in [0.15, 0.2) is 12.4 Å². The third-order valence-corrected chi connectivity index (χ3v) is 6.57. The first kappa shape index (κ1) is 19.2. The van der Waals surface area contributed by atoms with Crippen LogP contribution in [-0.2, 0) is 9.63 Å². The van der Waals surface area contributed by atoms with E-state index in [9.17, 15) is 4.79 Å². The number of nitrogens with one attached hydrogen (secondary N) is 1. The number of fused-ring (bicyclic) bond motifs is 2. The van der Waals surface area contributed by atoms with Crippen LogP contribution in [0, 0.1) is 16.7 Å². The predicted molar refractivity (Wildman–Crippen MR) is 104 cm³/mol. The molecule has 1 aromatic rings. The van der Waals surface area contributed by atoms with Crippen molar-refractivity contribution in [2.45, 2.75) is 40.0 Å². The molecule has 2 atom stereocenters. The molecule has 7 heteroatoms. The van der Waals surface area contributed by atoms with Gasteiger partial charge in [-0.2, -0.15) is 5.10 Å². The van der Waals surface area contributed by atoms with Gasteiger partial charge in [-0.05, 0) is 54.9 Å². The van der Waals surface area contributed by atoms with E-state index in [0.717, 1.165) is 24.3 Å². The minimum Gasteiger partial charge on any atom is -0.497 e. The zero-order chi connectivity index (χ0) is 19.7. The Hall–Kier alpha value is -2.57. The summed E-state index contributed by atoms with van der Waals surface area (Å²) >= 11 is 0. The molecular formula is C20H28N4O3. The Labute approximate surface area is 160 Å². The van der Waals surface area contributed by atoms with Crippen molar-refractivity contribution in [2.75, 3.05) is 13.7 Å². The highest BCUT2D eigenvalue weighted by Crippen LogP contribution is 2.63. The number of carbonyl (C=O) groups is 1. The second kappa shape index (κ2) is 7.21. The van der Waals surface area contributed by atoms with Gasteiger partial charge in [-0.3, -0.25) is 4.79 Å². The molecule has 1 aromatic carbocycles. The van der Waals surface area contributed by atoms with Crippen LogP contribution in [0.2, 0.25) is 0 Å². The van der Waals surface area contributed by atoms with E-state index < -0.39 is 0 Å². The SMILES string of the molecule is COc1ccc(C(N)=NOCC(=O)NN=C2CC3CCC2(C)C3(C)C)cc1. The molecule has 3 N–H and O–H groups in total. The second-order valence-electron chi connectivity index (χ2n) is 8.07. The molecule has 2 saturated carbocycles. The van der Waals surface area contributed by atoms with Gasteiger partial charge in [0.1, 0.15) is 5.75 Å². The van der Waals surface area contributed by atoms with E-state index in [2.05, 4.69) is 36.5 Å². The molecule has 0 radical (unpaired) electrons. The number of amidine groups is 1. The van der Waals surface area contributed by atoms with E-state index in [0.29, 0.717) is 11.5 Å². The van der Waals surface area contributed by atoms with E-state index in [4.69, 9.17) is 15.3 Å². The van der Waals surface area contributed by atoms with Crippen LogP contribution in [0.15, 0.2) is 34.5 Å². The molecule has 0 heterocycles. The molecule has 2 aliphatic carbocycles. The second-order valence-corrected chi connectivity index (χ2v) is 8.07. The molecule has 0 saturated heterocycles. The van der Waals surface area contributed by atoms with Crippen molar-refractivity contribution in [1.29, 1.82) is 0 Å². The number of rotatable bonds is 6. The van der Waals surface area contributed by atoms with Crippen LogP contribution < -0.4 is 15.9 Å². The molecule has 1 amide bonds. The maximum Gasteiger partial charge on any atom is 0.280 e. The van der Waals surface area contributed by atoms with Gasteiger partial charge in [-0.1, -0.05) is 25.9 Å². The van der Waals surface area contributed by atoms with E-state index in [1.54, 1.807) is 31.4 Å². The zero-order valence-corrected chi connectivity index (χ0v) is 16.4. The van der Waals surface area contributed by atoms with Crippen molar-refractivity contribution in [3.8, 4) is 5.75 Å². The fourth-order valence-corrected chi connectivity index (χ4v) is 4.23. The molecule has 0 aromatic heterocycles. The normalized spacial score (nSPS) is 27.6. The van der Waals surface area contributed by atoms with Crippen LogP contribution in [0.5, 0.6) is 5.75 Å². The van der Waals surface area contributed by atoms with Crippen LogP contribution >= 0.6 is 0 Å². The highest BCUT2D eigenvalue weighted by Gasteiger charge is 2.59. The van der Waals surface area contributed by atoms with Gasteiger partial charge in [-0.25, -0.2) is 5.43 Å². The highest BCUT2D eigenvalue weighted by molar-refractivity contribution is 5.97. The van der Waals surface area contributed by atoms with Gasteiger partial charge in [0.25, 0.3) is 5.91 Å². The average molecular weight is 372 g/mol.